The van der Waals surface area contributed by atoms with Gasteiger partial charge >= 0.3 is 0 Å². The molecule has 2 heterocycles. The highest BCUT2D eigenvalue weighted by Gasteiger charge is 2.33. The van der Waals surface area contributed by atoms with Gasteiger partial charge in [0, 0.05) is 13.0 Å². The number of nitrogens with zero attached hydrogens (tertiary/aromatic N) is 1. The van der Waals surface area contributed by atoms with E-state index >= 15 is 0 Å². The van der Waals surface area contributed by atoms with Crippen LogP contribution in [-0.2, 0) is 4.79 Å². The van der Waals surface area contributed by atoms with Gasteiger partial charge in [-0.2, -0.15) is 0 Å². The van der Waals surface area contributed by atoms with Crippen molar-refractivity contribution in [1.29, 1.82) is 0 Å². The standard InChI is InChI=1S/C10H13NO2/c1-7-3-4-9(13-7)10-8(12)5-6-11(10)2/h3-4,10H,5-6H2,1-2H3. The number of ketones is 1. The first kappa shape index (κ1) is 8.51. The minimum Gasteiger partial charge on any atom is -0.464 e. The molecule has 0 spiro atoms. The van der Waals surface area contributed by atoms with E-state index in [2.05, 4.69) is 0 Å². The molecule has 0 amide bonds. The van der Waals surface area contributed by atoms with Crippen LogP contribution in [0.4, 0.5) is 0 Å². The van der Waals surface area contributed by atoms with Gasteiger partial charge in [-0.3, -0.25) is 9.69 Å². The van der Waals surface area contributed by atoms with Crippen LogP contribution in [0.3, 0.4) is 0 Å². The van der Waals surface area contributed by atoms with E-state index in [9.17, 15) is 4.79 Å². The van der Waals surface area contributed by atoms with Crippen LogP contribution < -0.4 is 0 Å². The quantitative estimate of drug-likeness (QED) is 0.655. The van der Waals surface area contributed by atoms with Crippen molar-refractivity contribution in [1.82, 2.24) is 4.90 Å². The Morgan fingerprint density at radius 3 is 2.77 bits per heavy atom. The monoisotopic (exact) mass is 179 g/mol. The van der Waals surface area contributed by atoms with E-state index < -0.39 is 0 Å². The van der Waals surface area contributed by atoms with Crippen molar-refractivity contribution >= 4 is 5.78 Å². The van der Waals surface area contributed by atoms with E-state index in [4.69, 9.17) is 4.42 Å². The van der Waals surface area contributed by atoms with Crippen molar-refractivity contribution in [2.45, 2.75) is 19.4 Å². The summed E-state index contributed by atoms with van der Waals surface area (Å²) in [5.41, 5.74) is 0. The van der Waals surface area contributed by atoms with Gasteiger partial charge in [-0.15, -0.1) is 0 Å². The van der Waals surface area contributed by atoms with E-state index in [0.717, 1.165) is 18.1 Å². The highest BCUT2D eigenvalue weighted by Crippen LogP contribution is 2.28. The number of rotatable bonds is 1. The lowest BCUT2D eigenvalue weighted by Crippen LogP contribution is -2.20. The molecule has 13 heavy (non-hydrogen) atoms. The van der Waals surface area contributed by atoms with Gasteiger partial charge in [0.2, 0.25) is 0 Å². The fourth-order valence-corrected chi connectivity index (χ4v) is 1.77. The Morgan fingerprint density at radius 1 is 1.54 bits per heavy atom. The lowest BCUT2D eigenvalue weighted by molar-refractivity contribution is -0.120. The summed E-state index contributed by atoms with van der Waals surface area (Å²) in [6.07, 6.45) is 0.640. The molecule has 70 valence electrons. The summed E-state index contributed by atoms with van der Waals surface area (Å²) in [4.78, 5) is 13.5. The number of hydrogen-bond acceptors (Lipinski definition) is 3. The average Bonchev–Trinajstić information content (AvgIpc) is 2.60. The van der Waals surface area contributed by atoms with Crippen molar-refractivity contribution in [2.24, 2.45) is 0 Å². The van der Waals surface area contributed by atoms with Crippen molar-refractivity contribution in [3.05, 3.63) is 23.7 Å². The van der Waals surface area contributed by atoms with Gasteiger partial charge in [-0.25, -0.2) is 0 Å². The molecule has 1 aromatic heterocycles. The van der Waals surface area contributed by atoms with Crippen LogP contribution in [0.5, 0.6) is 0 Å². The summed E-state index contributed by atoms with van der Waals surface area (Å²) >= 11 is 0. The molecule has 0 saturated carbocycles. The zero-order valence-corrected chi connectivity index (χ0v) is 7.91. The number of likely N-dealkylation sites (N-methyl/N-ethyl adjacent to an activating group) is 1. The summed E-state index contributed by atoms with van der Waals surface area (Å²) < 4.78 is 5.45. The van der Waals surface area contributed by atoms with Gasteiger partial charge < -0.3 is 4.42 Å². The third-order valence-electron chi connectivity index (χ3n) is 2.49. The molecule has 0 bridgehead atoms. The molecule has 0 N–H and O–H groups in total. The highest BCUT2D eigenvalue weighted by molar-refractivity contribution is 5.86. The maximum atomic E-state index is 11.5. The summed E-state index contributed by atoms with van der Waals surface area (Å²) in [5, 5.41) is 0. The number of carbonyl (C=O) groups excluding carboxylic acids is 1. The van der Waals surface area contributed by atoms with Gasteiger partial charge in [0.15, 0.2) is 5.78 Å². The molecule has 1 aliphatic rings. The SMILES string of the molecule is Cc1ccc(C2C(=O)CCN2C)o1. The summed E-state index contributed by atoms with van der Waals surface area (Å²) in [5.74, 6) is 1.91. The second-order valence-corrected chi connectivity index (χ2v) is 3.55. The summed E-state index contributed by atoms with van der Waals surface area (Å²) in [7, 11) is 1.95. The maximum absolute atomic E-state index is 11.5. The Labute approximate surface area is 77.3 Å². The van der Waals surface area contributed by atoms with Crippen LogP contribution in [0, 0.1) is 6.92 Å². The van der Waals surface area contributed by atoms with Crippen molar-refractivity contribution in [3.63, 3.8) is 0 Å². The predicted molar refractivity (Wildman–Crippen MR) is 48.4 cm³/mol. The number of likely N-dealkylation sites (tertiary alicyclic amines) is 1. The molecule has 1 unspecified atom stereocenters. The topological polar surface area (TPSA) is 33.5 Å². The van der Waals surface area contributed by atoms with Crippen molar-refractivity contribution in [2.75, 3.05) is 13.6 Å². The van der Waals surface area contributed by atoms with Gasteiger partial charge in [0.25, 0.3) is 0 Å². The molecule has 1 atom stereocenters. The van der Waals surface area contributed by atoms with Crippen LogP contribution in [0.2, 0.25) is 0 Å². The van der Waals surface area contributed by atoms with E-state index in [1.807, 2.05) is 31.0 Å². The summed E-state index contributed by atoms with van der Waals surface area (Å²) in [6.45, 7) is 2.73. The fraction of sp³-hybridized carbons (Fsp3) is 0.500. The molecule has 1 aliphatic heterocycles. The van der Waals surface area contributed by atoms with Crippen LogP contribution >= 0.6 is 0 Å². The molecular weight excluding hydrogens is 166 g/mol. The lowest BCUT2D eigenvalue weighted by Gasteiger charge is -2.14. The molecule has 1 saturated heterocycles. The van der Waals surface area contributed by atoms with E-state index in [1.54, 1.807) is 0 Å². The zero-order valence-electron chi connectivity index (χ0n) is 7.91. The molecule has 3 heteroatoms. The van der Waals surface area contributed by atoms with Crippen molar-refractivity contribution in [3.8, 4) is 0 Å². The number of furan rings is 1. The molecule has 1 fully saturated rings. The minimum absolute atomic E-state index is 0.145. The molecule has 3 nitrogen and oxygen atoms in total. The van der Waals surface area contributed by atoms with Crippen LogP contribution in [0.25, 0.3) is 0 Å². The third kappa shape index (κ3) is 1.40. The third-order valence-corrected chi connectivity index (χ3v) is 2.49. The van der Waals surface area contributed by atoms with Gasteiger partial charge in [0.05, 0.1) is 0 Å². The minimum atomic E-state index is -0.145. The highest BCUT2D eigenvalue weighted by atomic mass is 16.3. The van der Waals surface area contributed by atoms with Crippen LogP contribution in [0.15, 0.2) is 16.5 Å². The number of aryl methyl sites for hydroxylation is 1. The zero-order chi connectivity index (χ0) is 9.42. The molecular formula is C10H13NO2. The van der Waals surface area contributed by atoms with E-state index in [-0.39, 0.29) is 11.8 Å². The van der Waals surface area contributed by atoms with Gasteiger partial charge in [-0.1, -0.05) is 0 Å². The molecule has 1 aromatic rings. The molecule has 2 rings (SSSR count). The van der Waals surface area contributed by atoms with Crippen molar-refractivity contribution < 1.29 is 9.21 Å². The normalized spacial score (nSPS) is 24.2. The first-order chi connectivity index (χ1) is 6.18. The second-order valence-electron chi connectivity index (χ2n) is 3.55. The summed E-state index contributed by atoms with van der Waals surface area (Å²) in [6, 6.07) is 3.64. The second kappa shape index (κ2) is 3.00. The van der Waals surface area contributed by atoms with Crippen LogP contribution in [-0.4, -0.2) is 24.3 Å². The van der Waals surface area contributed by atoms with Crippen LogP contribution in [0.1, 0.15) is 24.0 Å². The van der Waals surface area contributed by atoms with Gasteiger partial charge in [0.1, 0.15) is 17.6 Å². The lowest BCUT2D eigenvalue weighted by atomic mass is 10.1. The smallest absolute Gasteiger partial charge is 0.158 e. The van der Waals surface area contributed by atoms with Gasteiger partial charge in [-0.05, 0) is 26.1 Å². The van der Waals surface area contributed by atoms with E-state index in [1.165, 1.54) is 0 Å². The Hall–Kier alpha value is -1.09. The number of Topliss-reactive ketones (excluding diaryl/α,β-unsaturated/α-hetero) is 1. The first-order valence-corrected chi connectivity index (χ1v) is 4.48. The molecule has 0 aliphatic carbocycles. The average molecular weight is 179 g/mol. The molecule has 0 radical (unpaired) electrons. The Balaban J connectivity index is 2.29. The fourth-order valence-electron chi connectivity index (χ4n) is 1.77. The first-order valence-electron chi connectivity index (χ1n) is 4.48. The predicted octanol–water partition coefficient (Wildman–Crippen LogP) is 1.53. The maximum Gasteiger partial charge on any atom is 0.158 e. The van der Waals surface area contributed by atoms with E-state index in [0.29, 0.717) is 6.42 Å². The largest absolute Gasteiger partial charge is 0.464 e. The molecule has 0 aromatic carbocycles. The Bertz CT molecular complexity index is 329. The number of hydrogen-bond donors (Lipinski definition) is 0. The Morgan fingerprint density at radius 2 is 2.31 bits per heavy atom. The number of carbonyl (C=O) groups is 1. The Kier molecular flexibility index (Phi) is 1.96.